The molecule has 1 aromatic rings. The Hall–Kier alpha value is -2.00. The van der Waals surface area contributed by atoms with Crippen LogP contribution < -0.4 is 5.32 Å². The van der Waals surface area contributed by atoms with Gasteiger partial charge in [-0.25, -0.2) is 4.79 Å². The molecule has 2 atom stereocenters. The Bertz CT molecular complexity index is 577. The van der Waals surface area contributed by atoms with E-state index in [9.17, 15) is 14.4 Å². The minimum absolute atomic E-state index is 0.257. The van der Waals surface area contributed by atoms with Crippen LogP contribution in [0, 0.1) is 0 Å². The molecule has 0 saturated carbocycles. The molecule has 0 aromatic carbocycles. The number of ether oxygens (including phenoxy) is 2. The number of esters is 1. The summed E-state index contributed by atoms with van der Waals surface area (Å²) in [6, 6.07) is 2.74. The fraction of sp³-hybridized carbons (Fsp3) is 0.533. The van der Waals surface area contributed by atoms with Gasteiger partial charge in [0, 0.05) is 26.3 Å². The number of thioether (sulfide) groups is 1. The maximum absolute atomic E-state index is 12.2. The number of hydrogen-bond acceptors (Lipinski definition) is 7. The second kappa shape index (κ2) is 8.74. The molecule has 9 heteroatoms. The van der Waals surface area contributed by atoms with Crippen LogP contribution in [0.25, 0.3) is 0 Å². The number of hydrogen-bond donors (Lipinski definition) is 1. The van der Waals surface area contributed by atoms with E-state index in [-0.39, 0.29) is 17.9 Å². The highest BCUT2D eigenvalue weighted by Gasteiger charge is 2.43. The first-order valence-electron chi connectivity index (χ1n) is 7.40. The van der Waals surface area contributed by atoms with Gasteiger partial charge in [0.15, 0.2) is 6.61 Å². The SMILES string of the molecule is COCCNC(=O)COC(=O)[C@@H]1CS[C@@H](c2ccco2)N1C(C)=O. The molecule has 2 heterocycles. The van der Waals surface area contributed by atoms with Crippen molar-refractivity contribution in [3.63, 3.8) is 0 Å². The maximum Gasteiger partial charge on any atom is 0.330 e. The lowest BCUT2D eigenvalue weighted by atomic mass is 10.2. The summed E-state index contributed by atoms with van der Waals surface area (Å²) in [6.45, 7) is 1.72. The van der Waals surface area contributed by atoms with Crippen molar-refractivity contribution in [2.75, 3.05) is 32.6 Å². The summed E-state index contributed by atoms with van der Waals surface area (Å²) < 4.78 is 15.2. The average Bonchev–Trinajstić information content (AvgIpc) is 3.21. The van der Waals surface area contributed by atoms with Gasteiger partial charge in [-0.15, -0.1) is 11.8 Å². The summed E-state index contributed by atoms with van der Waals surface area (Å²) in [5.74, 6) is -0.290. The maximum atomic E-state index is 12.2. The van der Waals surface area contributed by atoms with Crippen molar-refractivity contribution >= 4 is 29.5 Å². The molecule has 1 saturated heterocycles. The first-order chi connectivity index (χ1) is 11.5. The highest BCUT2D eigenvalue weighted by molar-refractivity contribution is 7.99. The van der Waals surface area contributed by atoms with Crippen LogP contribution in [0.15, 0.2) is 22.8 Å². The Kier molecular flexibility index (Phi) is 6.68. The quantitative estimate of drug-likeness (QED) is 0.563. The van der Waals surface area contributed by atoms with Gasteiger partial charge in [-0.2, -0.15) is 0 Å². The molecule has 2 rings (SSSR count). The zero-order chi connectivity index (χ0) is 17.5. The molecule has 0 aliphatic carbocycles. The van der Waals surface area contributed by atoms with Gasteiger partial charge in [0.05, 0.1) is 12.9 Å². The van der Waals surface area contributed by atoms with Gasteiger partial charge in [0.2, 0.25) is 5.91 Å². The van der Waals surface area contributed by atoms with Crippen LogP contribution in [0.2, 0.25) is 0 Å². The minimum Gasteiger partial charge on any atom is -0.466 e. The number of rotatable bonds is 7. The Balaban J connectivity index is 1.91. The molecular formula is C15H20N2O6S. The molecule has 0 unspecified atom stereocenters. The summed E-state index contributed by atoms with van der Waals surface area (Å²) in [5.41, 5.74) is 0. The van der Waals surface area contributed by atoms with Crippen LogP contribution in [0.4, 0.5) is 0 Å². The van der Waals surface area contributed by atoms with E-state index in [1.807, 2.05) is 0 Å². The van der Waals surface area contributed by atoms with Crippen molar-refractivity contribution in [1.29, 1.82) is 0 Å². The molecule has 0 radical (unpaired) electrons. The molecule has 0 spiro atoms. The largest absolute Gasteiger partial charge is 0.466 e. The zero-order valence-corrected chi connectivity index (χ0v) is 14.3. The first kappa shape index (κ1) is 18.3. The highest BCUT2D eigenvalue weighted by atomic mass is 32.2. The van der Waals surface area contributed by atoms with E-state index >= 15 is 0 Å². The van der Waals surface area contributed by atoms with Crippen molar-refractivity contribution in [1.82, 2.24) is 10.2 Å². The van der Waals surface area contributed by atoms with Gasteiger partial charge in [-0.3, -0.25) is 9.59 Å². The molecule has 2 amide bonds. The molecule has 0 bridgehead atoms. The van der Waals surface area contributed by atoms with Crippen LogP contribution in [0.3, 0.4) is 0 Å². The topological polar surface area (TPSA) is 98.1 Å². The number of furan rings is 1. The lowest BCUT2D eigenvalue weighted by molar-refractivity contribution is -0.156. The predicted octanol–water partition coefficient (Wildman–Crippen LogP) is 0.548. The monoisotopic (exact) mass is 356 g/mol. The van der Waals surface area contributed by atoms with Crippen molar-refractivity contribution < 1.29 is 28.3 Å². The van der Waals surface area contributed by atoms with Gasteiger partial charge in [-0.05, 0) is 12.1 Å². The third-order valence-electron chi connectivity index (χ3n) is 3.40. The fourth-order valence-electron chi connectivity index (χ4n) is 2.30. The molecule has 24 heavy (non-hydrogen) atoms. The minimum atomic E-state index is -0.741. The van der Waals surface area contributed by atoms with Gasteiger partial charge >= 0.3 is 5.97 Å². The third-order valence-corrected chi connectivity index (χ3v) is 4.68. The number of carbonyl (C=O) groups excluding carboxylic acids is 3. The van der Waals surface area contributed by atoms with Crippen LogP contribution in [-0.2, 0) is 23.9 Å². The Morgan fingerprint density at radius 1 is 1.46 bits per heavy atom. The molecule has 132 valence electrons. The van der Waals surface area contributed by atoms with Gasteiger partial charge in [-0.1, -0.05) is 0 Å². The fourth-order valence-corrected chi connectivity index (χ4v) is 3.72. The molecule has 1 aliphatic rings. The van der Waals surface area contributed by atoms with E-state index in [4.69, 9.17) is 13.9 Å². The summed E-state index contributed by atoms with van der Waals surface area (Å²) in [4.78, 5) is 37.2. The van der Waals surface area contributed by atoms with Crippen LogP contribution in [0.5, 0.6) is 0 Å². The molecule has 1 N–H and O–H groups in total. The Morgan fingerprint density at radius 2 is 2.25 bits per heavy atom. The van der Waals surface area contributed by atoms with Crippen molar-refractivity contribution in [3.8, 4) is 0 Å². The van der Waals surface area contributed by atoms with E-state index in [2.05, 4.69) is 5.32 Å². The second-order valence-corrected chi connectivity index (χ2v) is 6.21. The smallest absolute Gasteiger partial charge is 0.330 e. The number of nitrogens with zero attached hydrogens (tertiary/aromatic N) is 1. The molecular weight excluding hydrogens is 336 g/mol. The first-order valence-corrected chi connectivity index (χ1v) is 8.45. The third kappa shape index (κ3) is 4.51. The highest BCUT2D eigenvalue weighted by Crippen LogP contribution is 2.41. The molecule has 1 aromatic heterocycles. The number of nitrogens with one attached hydrogen (secondary N) is 1. The van der Waals surface area contributed by atoms with Crippen LogP contribution >= 0.6 is 11.8 Å². The standard InChI is InChI=1S/C15H20N2O6S/c1-10(18)17-11(9-24-14(17)12-4-3-6-22-12)15(20)23-8-13(19)16-5-7-21-2/h3-4,6,11,14H,5,7-9H2,1-2H3,(H,16,19)/t11-,14-/m0/s1. The number of amides is 2. The van der Waals surface area contributed by atoms with Gasteiger partial charge < -0.3 is 24.1 Å². The molecule has 1 aliphatic heterocycles. The molecule has 8 nitrogen and oxygen atoms in total. The second-order valence-electron chi connectivity index (χ2n) is 5.09. The normalized spacial score (nSPS) is 20.0. The van der Waals surface area contributed by atoms with Crippen molar-refractivity contribution in [2.24, 2.45) is 0 Å². The summed E-state index contributed by atoms with van der Waals surface area (Å²) in [6.07, 6.45) is 1.52. The summed E-state index contributed by atoms with van der Waals surface area (Å²) >= 11 is 1.42. The van der Waals surface area contributed by atoms with Crippen molar-refractivity contribution in [3.05, 3.63) is 24.2 Å². The van der Waals surface area contributed by atoms with Crippen LogP contribution in [0.1, 0.15) is 18.1 Å². The van der Waals surface area contributed by atoms with Crippen LogP contribution in [-0.4, -0.2) is 61.3 Å². The van der Waals surface area contributed by atoms with E-state index in [1.54, 1.807) is 12.1 Å². The van der Waals surface area contributed by atoms with E-state index in [0.29, 0.717) is 24.7 Å². The summed E-state index contributed by atoms with van der Waals surface area (Å²) in [7, 11) is 1.52. The Labute approximate surface area is 143 Å². The van der Waals surface area contributed by atoms with Gasteiger partial charge in [0.25, 0.3) is 5.91 Å². The lowest BCUT2D eigenvalue weighted by Crippen LogP contribution is -2.43. The Morgan fingerprint density at radius 3 is 2.88 bits per heavy atom. The van der Waals surface area contributed by atoms with E-state index < -0.39 is 17.9 Å². The average molecular weight is 356 g/mol. The van der Waals surface area contributed by atoms with E-state index in [0.717, 1.165) is 0 Å². The number of carbonyl (C=O) groups is 3. The predicted molar refractivity (Wildman–Crippen MR) is 86.1 cm³/mol. The zero-order valence-electron chi connectivity index (χ0n) is 13.5. The van der Waals surface area contributed by atoms with Gasteiger partial charge in [0.1, 0.15) is 17.2 Å². The summed E-state index contributed by atoms with van der Waals surface area (Å²) in [5, 5.41) is 2.18. The lowest BCUT2D eigenvalue weighted by Gasteiger charge is -2.25. The number of methoxy groups -OCH3 is 1. The van der Waals surface area contributed by atoms with E-state index in [1.165, 1.54) is 37.0 Å². The molecule has 1 fully saturated rings. The van der Waals surface area contributed by atoms with Crippen molar-refractivity contribution in [2.45, 2.75) is 18.3 Å².